The van der Waals surface area contributed by atoms with Crippen LogP contribution in [-0.2, 0) is 9.53 Å². The minimum atomic E-state index is -0.434. The maximum absolute atomic E-state index is 12.5. The lowest BCUT2D eigenvalue weighted by atomic mass is 9.85. The van der Waals surface area contributed by atoms with Crippen LogP contribution in [0.1, 0.15) is 61.3 Å². The SMILES string of the molecule is CC(C)=CCCC(C)[C@@H](C)C(C(=O)OC(C)(C)C)N(C)C. The summed E-state index contributed by atoms with van der Waals surface area (Å²) in [7, 11) is 3.90. The number of allylic oxidation sites excluding steroid dienone is 2. The molecular weight excluding hydrogens is 262 g/mol. The molecule has 2 unspecified atom stereocenters. The molecule has 0 fully saturated rings. The summed E-state index contributed by atoms with van der Waals surface area (Å²) < 4.78 is 5.58. The van der Waals surface area contributed by atoms with Crippen LogP contribution in [-0.4, -0.2) is 36.6 Å². The number of carbonyl (C=O) groups is 1. The van der Waals surface area contributed by atoms with E-state index in [1.807, 2.05) is 39.8 Å². The minimum Gasteiger partial charge on any atom is -0.459 e. The van der Waals surface area contributed by atoms with Crippen LogP contribution in [0.25, 0.3) is 0 Å². The molecule has 0 heterocycles. The first-order valence-corrected chi connectivity index (χ1v) is 7.98. The van der Waals surface area contributed by atoms with Crippen molar-refractivity contribution in [2.75, 3.05) is 14.1 Å². The van der Waals surface area contributed by atoms with Gasteiger partial charge in [-0.1, -0.05) is 25.5 Å². The molecule has 0 aliphatic carbocycles. The summed E-state index contributed by atoms with van der Waals surface area (Å²) in [5, 5.41) is 0. The number of ether oxygens (including phenoxy) is 1. The number of likely N-dealkylation sites (N-methyl/N-ethyl adjacent to an activating group) is 1. The first-order valence-electron chi connectivity index (χ1n) is 7.98. The molecule has 3 heteroatoms. The van der Waals surface area contributed by atoms with E-state index in [4.69, 9.17) is 4.74 Å². The predicted molar refractivity (Wildman–Crippen MR) is 90.3 cm³/mol. The molecule has 0 aromatic rings. The van der Waals surface area contributed by atoms with Crippen molar-refractivity contribution in [3.05, 3.63) is 11.6 Å². The molecule has 0 aromatic carbocycles. The molecule has 0 radical (unpaired) electrons. The third-order valence-electron chi connectivity index (χ3n) is 3.77. The van der Waals surface area contributed by atoms with Gasteiger partial charge in [-0.2, -0.15) is 0 Å². The van der Waals surface area contributed by atoms with Gasteiger partial charge in [-0.15, -0.1) is 0 Å². The Kier molecular flexibility index (Phi) is 8.23. The number of nitrogens with zero attached hydrogens (tertiary/aromatic N) is 1. The van der Waals surface area contributed by atoms with Gasteiger partial charge in [-0.3, -0.25) is 9.69 Å². The second-order valence-corrected chi connectivity index (χ2v) is 7.64. The molecule has 3 nitrogen and oxygen atoms in total. The maximum Gasteiger partial charge on any atom is 0.324 e. The topological polar surface area (TPSA) is 29.5 Å². The fourth-order valence-corrected chi connectivity index (χ4v) is 2.47. The summed E-state index contributed by atoms with van der Waals surface area (Å²) in [6.07, 6.45) is 4.43. The fraction of sp³-hybridized carbons (Fsp3) is 0.833. The van der Waals surface area contributed by atoms with E-state index in [0.29, 0.717) is 5.92 Å². The van der Waals surface area contributed by atoms with Crippen LogP contribution in [0.4, 0.5) is 0 Å². The molecule has 0 aliphatic heterocycles. The first-order chi connectivity index (χ1) is 9.45. The van der Waals surface area contributed by atoms with E-state index in [-0.39, 0.29) is 17.9 Å². The summed E-state index contributed by atoms with van der Waals surface area (Å²) in [6, 6.07) is -0.189. The Balaban J connectivity index is 4.79. The van der Waals surface area contributed by atoms with E-state index >= 15 is 0 Å². The van der Waals surface area contributed by atoms with Crippen molar-refractivity contribution in [2.24, 2.45) is 11.8 Å². The van der Waals surface area contributed by atoms with Gasteiger partial charge >= 0.3 is 5.97 Å². The van der Waals surface area contributed by atoms with Crippen molar-refractivity contribution in [2.45, 2.75) is 73.0 Å². The number of hydrogen-bond acceptors (Lipinski definition) is 3. The average molecular weight is 297 g/mol. The van der Waals surface area contributed by atoms with E-state index in [2.05, 4.69) is 33.8 Å². The normalized spacial score (nSPS) is 16.3. The summed E-state index contributed by atoms with van der Waals surface area (Å²) in [4.78, 5) is 14.4. The zero-order valence-corrected chi connectivity index (χ0v) is 15.5. The highest BCUT2D eigenvalue weighted by Gasteiger charge is 2.33. The van der Waals surface area contributed by atoms with Gasteiger partial charge in [-0.05, 0) is 73.4 Å². The van der Waals surface area contributed by atoms with Crippen molar-refractivity contribution < 1.29 is 9.53 Å². The molecule has 124 valence electrons. The lowest BCUT2D eigenvalue weighted by Crippen LogP contribution is -2.46. The molecule has 0 rings (SSSR count). The van der Waals surface area contributed by atoms with E-state index < -0.39 is 5.60 Å². The second kappa shape index (κ2) is 8.57. The quantitative estimate of drug-likeness (QED) is 0.519. The highest BCUT2D eigenvalue weighted by Crippen LogP contribution is 2.25. The van der Waals surface area contributed by atoms with Crippen molar-refractivity contribution in [1.82, 2.24) is 4.90 Å². The summed E-state index contributed by atoms with van der Waals surface area (Å²) in [6.45, 7) is 14.4. The number of rotatable bonds is 7. The standard InChI is InChI=1S/C18H35NO2/c1-13(2)11-10-12-14(3)15(4)16(19(8)9)17(20)21-18(5,6)7/h11,14-16H,10,12H2,1-9H3/t14?,15-,16?/m1/s1. The average Bonchev–Trinajstić information content (AvgIpc) is 2.24. The van der Waals surface area contributed by atoms with Crippen LogP contribution in [0.15, 0.2) is 11.6 Å². The molecular formula is C18H35NO2. The van der Waals surface area contributed by atoms with Crippen LogP contribution in [0.3, 0.4) is 0 Å². The third kappa shape index (κ3) is 8.25. The van der Waals surface area contributed by atoms with Gasteiger partial charge in [0, 0.05) is 0 Å². The molecule has 0 spiro atoms. The minimum absolute atomic E-state index is 0.117. The van der Waals surface area contributed by atoms with Gasteiger partial charge in [0.2, 0.25) is 0 Å². The molecule has 0 bridgehead atoms. The lowest BCUT2D eigenvalue weighted by molar-refractivity contribution is -0.163. The Labute approximate surface area is 131 Å². The Bertz CT molecular complexity index is 349. The Morgan fingerprint density at radius 3 is 2.10 bits per heavy atom. The summed E-state index contributed by atoms with van der Waals surface area (Å²) >= 11 is 0. The van der Waals surface area contributed by atoms with Crippen molar-refractivity contribution >= 4 is 5.97 Å². The van der Waals surface area contributed by atoms with Gasteiger partial charge in [-0.25, -0.2) is 0 Å². The molecule has 0 saturated carbocycles. The fourth-order valence-electron chi connectivity index (χ4n) is 2.47. The number of hydrogen-bond donors (Lipinski definition) is 0. The largest absolute Gasteiger partial charge is 0.459 e. The Morgan fingerprint density at radius 1 is 1.19 bits per heavy atom. The molecule has 0 saturated heterocycles. The molecule has 0 N–H and O–H groups in total. The number of carbonyl (C=O) groups excluding carboxylic acids is 1. The van der Waals surface area contributed by atoms with Crippen LogP contribution < -0.4 is 0 Å². The third-order valence-corrected chi connectivity index (χ3v) is 3.77. The van der Waals surface area contributed by atoms with Crippen molar-refractivity contribution in [3.63, 3.8) is 0 Å². The first kappa shape index (κ1) is 20.2. The zero-order valence-electron chi connectivity index (χ0n) is 15.5. The Morgan fingerprint density at radius 2 is 1.71 bits per heavy atom. The smallest absolute Gasteiger partial charge is 0.324 e. The zero-order chi connectivity index (χ0) is 16.8. The van der Waals surface area contributed by atoms with E-state index in [1.165, 1.54) is 5.57 Å². The maximum atomic E-state index is 12.5. The van der Waals surface area contributed by atoms with Gasteiger partial charge in [0.05, 0.1) is 0 Å². The Hall–Kier alpha value is -0.830. The van der Waals surface area contributed by atoms with E-state index in [0.717, 1.165) is 12.8 Å². The van der Waals surface area contributed by atoms with E-state index in [9.17, 15) is 4.79 Å². The molecule has 0 aliphatic rings. The van der Waals surface area contributed by atoms with Crippen LogP contribution in [0.5, 0.6) is 0 Å². The van der Waals surface area contributed by atoms with Gasteiger partial charge in [0.25, 0.3) is 0 Å². The summed E-state index contributed by atoms with van der Waals surface area (Å²) in [5.41, 5.74) is 0.919. The van der Waals surface area contributed by atoms with Gasteiger partial charge in [0.15, 0.2) is 0 Å². The highest BCUT2D eigenvalue weighted by atomic mass is 16.6. The van der Waals surface area contributed by atoms with Crippen LogP contribution in [0, 0.1) is 11.8 Å². The number of esters is 1. The highest BCUT2D eigenvalue weighted by molar-refractivity contribution is 5.76. The van der Waals surface area contributed by atoms with Crippen LogP contribution >= 0.6 is 0 Å². The van der Waals surface area contributed by atoms with Gasteiger partial charge < -0.3 is 4.74 Å². The molecule has 0 amide bonds. The van der Waals surface area contributed by atoms with Crippen molar-refractivity contribution in [1.29, 1.82) is 0 Å². The van der Waals surface area contributed by atoms with E-state index in [1.54, 1.807) is 0 Å². The predicted octanol–water partition coefficient (Wildman–Crippen LogP) is 4.28. The van der Waals surface area contributed by atoms with Gasteiger partial charge in [0.1, 0.15) is 11.6 Å². The second-order valence-electron chi connectivity index (χ2n) is 7.64. The molecule has 21 heavy (non-hydrogen) atoms. The molecule has 0 aromatic heterocycles. The molecule has 3 atom stereocenters. The van der Waals surface area contributed by atoms with Crippen LogP contribution in [0.2, 0.25) is 0 Å². The summed E-state index contributed by atoms with van der Waals surface area (Å²) in [5.74, 6) is 0.620. The monoisotopic (exact) mass is 297 g/mol. The lowest BCUT2D eigenvalue weighted by Gasteiger charge is -2.34. The van der Waals surface area contributed by atoms with Crippen molar-refractivity contribution in [3.8, 4) is 0 Å².